The first-order valence-corrected chi connectivity index (χ1v) is 9.28. The molecule has 1 fully saturated rings. The Morgan fingerprint density at radius 3 is 2.60 bits per heavy atom. The van der Waals surface area contributed by atoms with E-state index in [1.807, 2.05) is 0 Å². The molecule has 0 unspecified atom stereocenters. The Morgan fingerprint density at radius 2 is 1.76 bits per heavy atom. The minimum absolute atomic E-state index is 0.220. The van der Waals surface area contributed by atoms with Gasteiger partial charge in [0.2, 0.25) is 0 Å². The van der Waals surface area contributed by atoms with Crippen LogP contribution in [0.4, 0.5) is 0 Å². The van der Waals surface area contributed by atoms with E-state index in [9.17, 15) is 5.11 Å². The van der Waals surface area contributed by atoms with Gasteiger partial charge in [-0.3, -0.25) is 4.90 Å². The van der Waals surface area contributed by atoms with Gasteiger partial charge in [0.15, 0.2) is 0 Å². The first-order chi connectivity index (χ1) is 12.2. The Labute approximate surface area is 148 Å². The molecular formula is C22H24N2O. The Balaban J connectivity index is 1.64. The van der Waals surface area contributed by atoms with Crippen LogP contribution in [0.15, 0.2) is 54.6 Å². The normalized spacial score (nSPS) is 25.9. The molecule has 3 aromatic rings. The van der Waals surface area contributed by atoms with E-state index in [2.05, 4.69) is 71.1 Å². The topological polar surface area (TPSA) is 28.4 Å². The predicted molar refractivity (Wildman–Crippen MR) is 100 cm³/mol. The molecule has 3 nitrogen and oxygen atoms in total. The van der Waals surface area contributed by atoms with E-state index in [0.29, 0.717) is 6.04 Å². The number of hydrogen-bond acceptors (Lipinski definition) is 2. The Bertz CT molecular complexity index is 914. The molecule has 3 atom stereocenters. The molecule has 0 radical (unpaired) electrons. The maximum atomic E-state index is 10.7. The first-order valence-electron chi connectivity index (χ1n) is 9.28. The number of hydrogen-bond donors (Lipinski definition) is 1. The average Bonchev–Trinajstić information content (AvgIpc) is 2.92. The van der Waals surface area contributed by atoms with Crippen LogP contribution in [0.2, 0.25) is 0 Å². The van der Waals surface area contributed by atoms with E-state index < -0.39 is 0 Å². The summed E-state index contributed by atoms with van der Waals surface area (Å²) in [6.07, 6.45) is 2.65. The van der Waals surface area contributed by atoms with Crippen LogP contribution in [0.25, 0.3) is 10.9 Å². The van der Waals surface area contributed by atoms with E-state index in [-0.39, 0.29) is 12.1 Å². The molecule has 1 N–H and O–H groups in total. The zero-order valence-corrected chi connectivity index (χ0v) is 14.6. The highest BCUT2D eigenvalue weighted by atomic mass is 16.3. The molecule has 2 aliphatic rings. The molecule has 2 aliphatic heterocycles. The number of aryl methyl sites for hydroxylation is 1. The Kier molecular flexibility index (Phi) is 3.47. The highest BCUT2D eigenvalue weighted by Gasteiger charge is 2.43. The van der Waals surface area contributed by atoms with Crippen LogP contribution >= 0.6 is 0 Å². The molecule has 25 heavy (non-hydrogen) atoms. The van der Waals surface area contributed by atoms with Gasteiger partial charge in [-0.1, -0.05) is 48.5 Å². The summed E-state index contributed by atoms with van der Waals surface area (Å²) < 4.78 is 2.39. The number of para-hydroxylation sites is 1. The van der Waals surface area contributed by atoms with Crippen molar-refractivity contribution in [2.75, 3.05) is 0 Å². The monoisotopic (exact) mass is 332 g/mol. The largest absolute Gasteiger partial charge is 0.391 e. The maximum Gasteiger partial charge on any atom is 0.0699 e. The van der Waals surface area contributed by atoms with Crippen LogP contribution in [0.5, 0.6) is 0 Å². The molecule has 0 aliphatic carbocycles. The van der Waals surface area contributed by atoms with Gasteiger partial charge >= 0.3 is 0 Å². The second-order valence-electron chi connectivity index (χ2n) is 7.53. The minimum Gasteiger partial charge on any atom is -0.391 e. The fourth-order valence-electron chi connectivity index (χ4n) is 5.05. The molecule has 2 aromatic carbocycles. The fraction of sp³-hybridized carbons (Fsp3) is 0.364. The lowest BCUT2D eigenvalue weighted by atomic mass is 9.80. The molecule has 1 aromatic heterocycles. The van der Waals surface area contributed by atoms with Crippen molar-refractivity contribution in [2.24, 2.45) is 7.05 Å². The van der Waals surface area contributed by atoms with Gasteiger partial charge in [-0.25, -0.2) is 0 Å². The number of aliphatic hydroxyl groups excluding tert-OH is 1. The highest BCUT2D eigenvalue weighted by Crippen LogP contribution is 2.45. The molecule has 3 heteroatoms. The lowest BCUT2D eigenvalue weighted by Crippen LogP contribution is -2.53. The van der Waals surface area contributed by atoms with Crippen LogP contribution in [-0.4, -0.2) is 26.7 Å². The molecule has 0 spiro atoms. The summed E-state index contributed by atoms with van der Waals surface area (Å²) in [5.41, 5.74) is 5.56. The SMILES string of the molecule is Cn1c2c(c3ccccc31)C[C@@H]1[C@H](O)CC[C@H]2N1Cc1ccccc1. The van der Waals surface area contributed by atoms with Crippen molar-refractivity contribution in [2.45, 2.75) is 44.0 Å². The van der Waals surface area contributed by atoms with Crippen LogP contribution in [-0.2, 0) is 20.0 Å². The molecule has 2 bridgehead atoms. The van der Waals surface area contributed by atoms with Crippen molar-refractivity contribution in [3.8, 4) is 0 Å². The van der Waals surface area contributed by atoms with E-state index in [4.69, 9.17) is 0 Å². The second kappa shape index (κ2) is 5.72. The zero-order chi connectivity index (χ0) is 17.0. The minimum atomic E-state index is -0.230. The van der Waals surface area contributed by atoms with Gasteiger partial charge in [0.25, 0.3) is 0 Å². The van der Waals surface area contributed by atoms with Crippen LogP contribution in [0, 0.1) is 0 Å². The number of piperidine rings is 1. The summed E-state index contributed by atoms with van der Waals surface area (Å²) in [6.45, 7) is 0.911. The summed E-state index contributed by atoms with van der Waals surface area (Å²) in [4.78, 5) is 2.55. The molecule has 128 valence electrons. The summed E-state index contributed by atoms with van der Waals surface area (Å²) in [5, 5.41) is 12.1. The van der Waals surface area contributed by atoms with Gasteiger partial charge < -0.3 is 9.67 Å². The van der Waals surface area contributed by atoms with E-state index in [0.717, 1.165) is 25.8 Å². The Morgan fingerprint density at radius 1 is 1.00 bits per heavy atom. The number of fused-ring (bicyclic) bond motifs is 6. The molecule has 1 saturated heterocycles. The molecule has 0 saturated carbocycles. The lowest BCUT2D eigenvalue weighted by molar-refractivity contribution is -0.0378. The molecular weight excluding hydrogens is 308 g/mol. The summed E-state index contributed by atoms with van der Waals surface area (Å²) in [5.74, 6) is 0. The Hall–Kier alpha value is -2.10. The van der Waals surface area contributed by atoms with Crippen molar-refractivity contribution >= 4 is 10.9 Å². The van der Waals surface area contributed by atoms with Crippen molar-refractivity contribution in [1.29, 1.82) is 0 Å². The number of rotatable bonds is 2. The number of aromatic nitrogens is 1. The van der Waals surface area contributed by atoms with Crippen molar-refractivity contribution < 1.29 is 5.11 Å². The number of aliphatic hydroxyl groups is 1. The smallest absolute Gasteiger partial charge is 0.0699 e. The third-order valence-electron chi connectivity index (χ3n) is 6.20. The third-order valence-corrected chi connectivity index (χ3v) is 6.20. The van der Waals surface area contributed by atoms with Gasteiger partial charge in [-0.15, -0.1) is 0 Å². The molecule has 0 amide bonds. The van der Waals surface area contributed by atoms with Crippen molar-refractivity contribution in [1.82, 2.24) is 9.47 Å². The van der Waals surface area contributed by atoms with E-state index >= 15 is 0 Å². The van der Waals surface area contributed by atoms with Crippen LogP contribution in [0.1, 0.15) is 35.7 Å². The van der Waals surface area contributed by atoms with E-state index in [1.165, 1.54) is 27.7 Å². The van der Waals surface area contributed by atoms with Gasteiger partial charge in [0.05, 0.1) is 12.1 Å². The van der Waals surface area contributed by atoms with Gasteiger partial charge in [-0.05, 0) is 36.5 Å². The molecule has 3 heterocycles. The zero-order valence-electron chi connectivity index (χ0n) is 14.6. The predicted octanol–water partition coefficient (Wildman–Crippen LogP) is 3.80. The van der Waals surface area contributed by atoms with Crippen LogP contribution in [0.3, 0.4) is 0 Å². The highest BCUT2D eigenvalue weighted by molar-refractivity contribution is 5.86. The van der Waals surface area contributed by atoms with Crippen molar-refractivity contribution in [3.63, 3.8) is 0 Å². The summed E-state index contributed by atoms with van der Waals surface area (Å²) in [7, 11) is 2.20. The van der Waals surface area contributed by atoms with Gasteiger partial charge in [0.1, 0.15) is 0 Å². The summed E-state index contributed by atoms with van der Waals surface area (Å²) in [6, 6.07) is 20.0. The van der Waals surface area contributed by atoms with Crippen molar-refractivity contribution in [3.05, 3.63) is 71.4 Å². The molecule has 5 rings (SSSR count). The third kappa shape index (κ3) is 2.26. The fourth-order valence-corrected chi connectivity index (χ4v) is 5.05. The summed E-state index contributed by atoms with van der Waals surface area (Å²) >= 11 is 0. The number of nitrogens with zero attached hydrogens (tertiary/aromatic N) is 2. The van der Waals surface area contributed by atoms with E-state index in [1.54, 1.807) is 0 Å². The standard InChI is InChI=1S/C22H24N2O/c1-23-18-10-6-5-9-16(18)17-13-20-21(25)12-11-19(22(17)23)24(20)14-15-7-3-2-4-8-15/h2-10,19-21,25H,11-14H2,1H3/t19-,20-,21-/m1/s1. The van der Waals surface area contributed by atoms with Crippen LogP contribution < -0.4 is 0 Å². The average molecular weight is 332 g/mol. The quantitative estimate of drug-likeness (QED) is 0.773. The lowest BCUT2D eigenvalue weighted by Gasteiger charge is -2.48. The maximum absolute atomic E-state index is 10.7. The number of benzene rings is 2. The first kappa shape index (κ1) is 15.2. The van der Waals surface area contributed by atoms with Gasteiger partial charge in [0, 0.05) is 36.2 Å². The van der Waals surface area contributed by atoms with Gasteiger partial charge in [-0.2, -0.15) is 0 Å². The second-order valence-corrected chi connectivity index (χ2v) is 7.53.